The third-order valence-corrected chi connectivity index (χ3v) is 14.7. The average molecular weight is 1020 g/mol. The van der Waals surface area contributed by atoms with Crippen molar-refractivity contribution >= 4 is 69.8 Å². The largest absolute Gasteiger partial charge is 0.491 e. The summed E-state index contributed by atoms with van der Waals surface area (Å²) >= 11 is 2.97. The van der Waals surface area contributed by atoms with E-state index in [9.17, 15) is 14.0 Å². The minimum Gasteiger partial charge on any atom is -0.491 e. The molecule has 380 valence electrons. The molecule has 5 aromatic rings. The van der Waals surface area contributed by atoms with Gasteiger partial charge in [0.05, 0.1) is 30.5 Å². The van der Waals surface area contributed by atoms with E-state index in [1.807, 2.05) is 69.8 Å². The summed E-state index contributed by atoms with van der Waals surface area (Å²) in [4.78, 5) is 44.8. The minimum absolute atomic E-state index is 0.138. The summed E-state index contributed by atoms with van der Waals surface area (Å²) in [5, 5.41) is 10.00. The number of thiazole rings is 2. The van der Waals surface area contributed by atoms with E-state index in [0.717, 1.165) is 57.3 Å². The number of nitrogens with zero attached hydrogens (tertiary/aromatic N) is 9. The van der Waals surface area contributed by atoms with Crippen LogP contribution in [0.25, 0.3) is 10.2 Å². The summed E-state index contributed by atoms with van der Waals surface area (Å²) in [6.07, 6.45) is 3.21. The smallest absolute Gasteiger partial charge is 0.410 e. The van der Waals surface area contributed by atoms with Gasteiger partial charge in [-0.2, -0.15) is 4.99 Å². The van der Waals surface area contributed by atoms with Crippen LogP contribution < -0.4 is 14.4 Å². The first-order chi connectivity index (χ1) is 33.2. The monoisotopic (exact) mass is 1020 g/mol. The van der Waals surface area contributed by atoms with Gasteiger partial charge in [-0.3, -0.25) is 9.47 Å². The standard InChI is InChI=1S/C51H72FN9O6S2Si/c1-37-34-44(55-56-46(37)54-49-61(36-65-32-33-70(10,11)12)40-21-14-15-22-42(40)68-49)60(28-17-13-16-27-58(7)29-30-59(8)50(63)67-51(2,3)4)48-53-45(47(62)64-9)43(69-48)23-19-31-66-41-25-24-38(35-39(41)52)20-18-26-57(5)6/h14-15,21-22,24-25,34-35H,13,16-17,19,23,26-33,36H2,1-12H3. The van der Waals surface area contributed by atoms with Gasteiger partial charge in [0, 0.05) is 51.8 Å². The van der Waals surface area contributed by atoms with E-state index in [2.05, 4.69) is 65.2 Å². The van der Waals surface area contributed by atoms with Gasteiger partial charge in [-0.15, -0.1) is 21.5 Å². The van der Waals surface area contributed by atoms with Crippen molar-refractivity contribution in [2.75, 3.05) is 86.1 Å². The molecule has 0 aliphatic carbocycles. The number of anilines is 2. The number of halogens is 1. The SMILES string of the molecule is COC(=O)c1nc(N(CCCCCN(C)CCN(C)C(=O)OC(C)(C)C)c2cc(C)c(N=c3sc4ccccc4n3COCC[Si](C)(C)C)nn2)sc1CCCOc1ccc(C#CCN(C)C)cc1F. The van der Waals surface area contributed by atoms with Crippen LogP contribution in [0.3, 0.4) is 0 Å². The number of amides is 1. The summed E-state index contributed by atoms with van der Waals surface area (Å²) in [6, 6.07) is 15.9. The van der Waals surface area contributed by atoms with Crippen LogP contribution in [-0.2, 0) is 27.4 Å². The maximum absolute atomic E-state index is 15.0. The predicted molar refractivity (Wildman–Crippen MR) is 282 cm³/mol. The van der Waals surface area contributed by atoms with Crippen LogP contribution in [0.5, 0.6) is 5.75 Å². The van der Waals surface area contributed by atoms with E-state index in [-0.39, 0.29) is 24.1 Å². The molecule has 1 amide bonds. The molecule has 70 heavy (non-hydrogen) atoms. The van der Waals surface area contributed by atoms with Crippen molar-refractivity contribution in [3.63, 3.8) is 0 Å². The lowest BCUT2D eigenvalue weighted by molar-refractivity contribution is 0.0286. The van der Waals surface area contributed by atoms with Crippen molar-refractivity contribution in [2.24, 2.45) is 4.99 Å². The zero-order valence-electron chi connectivity index (χ0n) is 43.2. The first-order valence-electron chi connectivity index (χ1n) is 23.8. The molecule has 15 nitrogen and oxygen atoms in total. The molecule has 0 N–H and O–H groups in total. The van der Waals surface area contributed by atoms with Gasteiger partial charge in [-0.25, -0.2) is 19.0 Å². The number of benzene rings is 2. The highest BCUT2D eigenvalue weighted by Crippen LogP contribution is 2.34. The second kappa shape index (κ2) is 26.3. The molecule has 0 saturated carbocycles. The molecule has 0 aliphatic heterocycles. The number of methoxy groups -OCH3 is 1. The Morgan fingerprint density at radius 2 is 1.67 bits per heavy atom. The average Bonchev–Trinajstić information content (AvgIpc) is 3.87. The summed E-state index contributed by atoms with van der Waals surface area (Å²) in [6.45, 7) is 19.1. The molecule has 0 atom stereocenters. The number of esters is 1. The Morgan fingerprint density at radius 3 is 2.37 bits per heavy atom. The number of carbonyl (C=O) groups is 2. The fourth-order valence-corrected chi connectivity index (χ4v) is 9.75. The molecule has 0 aliphatic rings. The zero-order chi connectivity index (χ0) is 51.0. The zero-order valence-corrected chi connectivity index (χ0v) is 45.8. The van der Waals surface area contributed by atoms with Gasteiger partial charge in [-0.1, -0.05) is 61.4 Å². The van der Waals surface area contributed by atoms with E-state index in [1.165, 1.54) is 24.5 Å². The topological polar surface area (TPSA) is 140 Å². The van der Waals surface area contributed by atoms with E-state index in [0.29, 0.717) is 74.7 Å². The number of hydrogen-bond acceptors (Lipinski definition) is 15. The molecular weight excluding hydrogens is 946 g/mol. The first-order valence-corrected chi connectivity index (χ1v) is 29.1. The maximum Gasteiger partial charge on any atom is 0.410 e. The van der Waals surface area contributed by atoms with E-state index < -0.39 is 25.5 Å². The Bertz CT molecular complexity index is 2650. The van der Waals surface area contributed by atoms with E-state index in [4.69, 9.17) is 34.0 Å². The van der Waals surface area contributed by atoms with Gasteiger partial charge in [-0.05, 0) is 129 Å². The molecule has 5 rings (SSSR count). The van der Waals surface area contributed by atoms with E-state index in [1.54, 1.807) is 35.4 Å². The molecule has 0 radical (unpaired) electrons. The van der Waals surface area contributed by atoms with Gasteiger partial charge < -0.3 is 33.6 Å². The van der Waals surface area contributed by atoms with Crippen LogP contribution in [0, 0.1) is 24.6 Å². The number of ether oxygens (including phenoxy) is 4. The summed E-state index contributed by atoms with van der Waals surface area (Å²) in [5.74, 6) is 6.16. The summed E-state index contributed by atoms with van der Waals surface area (Å²) in [5.41, 5.74) is 2.11. The lowest BCUT2D eigenvalue weighted by Crippen LogP contribution is -2.38. The fraction of sp³-hybridized carbons (Fsp3) is 0.529. The first kappa shape index (κ1) is 55.7. The molecule has 19 heteroatoms. The van der Waals surface area contributed by atoms with Crippen LogP contribution in [-0.4, -0.2) is 141 Å². The Morgan fingerprint density at radius 1 is 0.914 bits per heavy atom. The third-order valence-electron chi connectivity index (χ3n) is 10.8. The molecule has 0 bridgehead atoms. The van der Waals surface area contributed by atoms with Crippen LogP contribution in [0.4, 0.5) is 26.0 Å². The molecule has 3 aromatic heterocycles. The van der Waals surface area contributed by atoms with Crippen molar-refractivity contribution in [2.45, 2.75) is 97.8 Å². The molecule has 2 aromatic carbocycles. The van der Waals surface area contributed by atoms with Crippen LogP contribution in [0.15, 0.2) is 53.5 Å². The van der Waals surface area contributed by atoms with Gasteiger partial charge in [0.2, 0.25) is 0 Å². The number of unbranched alkanes of at least 4 members (excludes halogenated alkanes) is 2. The summed E-state index contributed by atoms with van der Waals surface area (Å²) in [7, 11) is 7.73. The highest BCUT2D eigenvalue weighted by molar-refractivity contribution is 7.16. The molecular formula is C51H72FN9O6S2Si. The number of para-hydroxylation sites is 1. The Balaban J connectivity index is 1.35. The molecule has 0 spiro atoms. The molecule has 0 saturated heterocycles. The van der Waals surface area contributed by atoms with Crippen molar-refractivity contribution in [1.29, 1.82) is 0 Å². The van der Waals surface area contributed by atoms with Crippen molar-refractivity contribution in [1.82, 2.24) is 34.4 Å². The lowest BCUT2D eigenvalue weighted by atomic mass is 10.2. The number of aryl methyl sites for hydroxylation is 2. The van der Waals surface area contributed by atoms with Gasteiger partial charge in [0.1, 0.15) is 12.3 Å². The molecule has 3 heterocycles. The number of hydrogen-bond donors (Lipinski definition) is 0. The van der Waals surface area contributed by atoms with Crippen LogP contribution in [0.1, 0.15) is 72.9 Å². The third kappa shape index (κ3) is 17.6. The predicted octanol–water partition coefficient (Wildman–Crippen LogP) is 9.76. The lowest BCUT2D eigenvalue weighted by Gasteiger charge is -2.26. The van der Waals surface area contributed by atoms with Crippen LogP contribution >= 0.6 is 22.7 Å². The Labute approximate surface area is 422 Å². The summed E-state index contributed by atoms with van der Waals surface area (Å²) < 4.78 is 40.9. The van der Waals surface area contributed by atoms with Gasteiger partial charge >= 0.3 is 12.1 Å². The van der Waals surface area contributed by atoms with Gasteiger partial charge in [0.25, 0.3) is 0 Å². The molecule has 0 unspecified atom stereocenters. The minimum atomic E-state index is -1.27. The fourth-order valence-electron chi connectivity index (χ4n) is 6.85. The van der Waals surface area contributed by atoms with Crippen molar-refractivity contribution < 1.29 is 32.9 Å². The Hall–Kier alpha value is -5.23. The van der Waals surface area contributed by atoms with Crippen molar-refractivity contribution in [3.05, 3.63) is 80.8 Å². The number of aromatic nitrogens is 4. The molecule has 0 fully saturated rings. The van der Waals surface area contributed by atoms with Gasteiger partial charge in [0.15, 0.2) is 38.8 Å². The number of likely N-dealkylation sites (N-methyl/N-ethyl adjacent to an activating group) is 2. The maximum atomic E-state index is 15.0. The second-order valence-corrected chi connectivity index (χ2v) is 27.5. The number of fused-ring (bicyclic) bond motifs is 1. The quantitative estimate of drug-likeness (QED) is 0.0252. The highest BCUT2D eigenvalue weighted by atomic mass is 32.1. The van der Waals surface area contributed by atoms with Crippen LogP contribution in [0.2, 0.25) is 25.7 Å². The Kier molecular flexibility index (Phi) is 20.9. The van der Waals surface area contributed by atoms with E-state index >= 15 is 0 Å². The number of carbonyl (C=O) groups excluding carboxylic acids is 2. The highest BCUT2D eigenvalue weighted by Gasteiger charge is 2.25. The normalized spacial score (nSPS) is 12.1. The van der Waals surface area contributed by atoms with Crippen molar-refractivity contribution in [3.8, 4) is 17.6 Å². The second-order valence-electron chi connectivity index (χ2n) is 19.8. The number of rotatable bonds is 24.